The Labute approximate surface area is 173 Å². The van der Waals surface area contributed by atoms with E-state index in [2.05, 4.69) is 0 Å². The van der Waals surface area contributed by atoms with Gasteiger partial charge in [0, 0.05) is 29.6 Å². The molecule has 0 spiro atoms. The van der Waals surface area contributed by atoms with Crippen LogP contribution in [0.15, 0.2) is 46.9 Å². The number of hydrogen-bond acceptors (Lipinski definition) is 3. The van der Waals surface area contributed by atoms with Gasteiger partial charge in [-0.25, -0.2) is 0 Å². The molecule has 0 unspecified atom stereocenters. The Kier molecular flexibility index (Phi) is 7.23. The highest BCUT2D eigenvalue weighted by molar-refractivity contribution is 6.38. The van der Waals surface area contributed by atoms with E-state index in [4.69, 9.17) is 21.8 Å². The number of furan rings is 1. The Bertz CT molecular complexity index is 982. The molecule has 0 radical (unpaired) electrons. The SMILES string of the molecule is NCc1ccc(-c2ccc3cc(C(=O)N(CCCF)CCCF)ccc3c2Cl)o1. The Balaban J connectivity index is 1.91. The van der Waals surface area contributed by atoms with Crippen molar-refractivity contribution in [3.8, 4) is 11.3 Å². The largest absolute Gasteiger partial charge is 0.460 e. The van der Waals surface area contributed by atoms with Gasteiger partial charge in [-0.15, -0.1) is 0 Å². The maximum absolute atomic E-state index is 12.8. The highest BCUT2D eigenvalue weighted by Crippen LogP contribution is 2.35. The predicted molar refractivity (Wildman–Crippen MR) is 112 cm³/mol. The molecule has 0 aliphatic carbocycles. The fourth-order valence-corrected chi connectivity index (χ4v) is 3.57. The number of carbonyl (C=O) groups is 1. The molecule has 3 rings (SSSR count). The van der Waals surface area contributed by atoms with Gasteiger partial charge in [-0.05, 0) is 48.6 Å². The van der Waals surface area contributed by atoms with Crippen molar-refractivity contribution >= 4 is 28.3 Å². The molecule has 0 atom stereocenters. The van der Waals surface area contributed by atoms with Crippen molar-refractivity contribution in [2.45, 2.75) is 19.4 Å². The number of hydrogen-bond donors (Lipinski definition) is 1. The van der Waals surface area contributed by atoms with Gasteiger partial charge in [-0.3, -0.25) is 13.6 Å². The Morgan fingerprint density at radius 1 is 1.03 bits per heavy atom. The molecule has 0 bridgehead atoms. The number of nitrogens with two attached hydrogens (primary N) is 1. The van der Waals surface area contributed by atoms with E-state index in [-0.39, 0.29) is 31.8 Å². The lowest BCUT2D eigenvalue weighted by atomic mass is 10.0. The number of amides is 1. The molecule has 3 aromatic rings. The molecule has 2 N–H and O–H groups in total. The minimum Gasteiger partial charge on any atom is -0.460 e. The van der Waals surface area contributed by atoms with Crippen molar-refractivity contribution in [2.24, 2.45) is 5.73 Å². The third-order valence-corrected chi connectivity index (χ3v) is 5.15. The summed E-state index contributed by atoms with van der Waals surface area (Å²) in [4.78, 5) is 14.3. The molecular formula is C22H23ClF2N2O2. The van der Waals surface area contributed by atoms with Crippen LogP contribution in [0.1, 0.15) is 29.0 Å². The molecule has 0 fully saturated rings. The van der Waals surface area contributed by atoms with Crippen LogP contribution >= 0.6 is 11.6 Å². The summed E-state index contributed by atoms with van der Waals surface area (Å²) in [7, 11) is 0. The summed E-state index contributed by atoms with van der Waals surface area (Å²) < 4.78 is 30.8. The third-order valence-electron chi connectivity index (χ3n) is 4.74. The quantitative estimate of drug-likeness (QED) is 0.506. The molecule has 0 saturated heterocycles. The van der Waals surface area contributed by atoms with Crippen LogP contribution in [0, 0.1) is 0 Å². The van der Waals surface area contributed by atoms with E-state index in [0.29, 0.717) is 28.7 Å². The lowest BCUT2D eigenvalue weighted by Crippen LogP contribution is -2.33. The first-order chi connectivity index (χ1) is 14.1. The van der Waals surface area contributed by atoms with Crippen LogP contribution < -0.4 is 5.73 Å². The van der Waals surface area contributed by atoms with Gasteiger partial charge in [0.05, 0.1) is 24.9 Å². The molecule has 0 aliphatic heterocycles. The zero-order valence-corrected chi connectivity index (χ0v) is 16.7. The first kappa shape index (κ1) is 21.3. The Hall–Kier alpha value is -2.44. The third kappa shape index (κ3) is 4.77. The predicted octanol–water partition coefficient (Wildman–Crippen LogP) is 5.37. The average molecular weight is 421 g/mol. The molecule has 4 nitrogen and oxygen atoms in total. The highest BCUT2D eigenvalue weighted by atomic mass is 35.5. The monoisotopic (exact) mass is 420 g/mol. The second kappa shape index (κ2) is 9.85. The molecule has 0 saturated carbocycles. The molecule has 29 heavy (non-hydrogen) atoms. The second-order valence-electron chi connectivity index (χ2n) is 6.71. The van der Waals surface area contributed by atoms with Gasteiger partial charge >= 0.3 is 0 Å². The van der Waals surface area contributed by atoms with E-state index in [1.807, 2.05) is 18.2 Å². The van der Waals surface area contributed by atoms with E-state index in [1.165, 1.54) is 4.90 Å². The molecule has 7 heteroatoms. The zero-order chi connectivity index (χ0) is 20.8. The topological polar surface area (TPSA) is 59.5 Å². The number of fused-ring (bicyclic) bond motifs is 1. The molecule has 1 heterocycles. The van der Waals surface area contributed by atoms with Gasteiger partial charge in [0.25, 0.3) is 5.91 Å². The number of alkyl halides is 2. The number of carbonyl (C=O) groups excluding carboxylic acids is 1. The van der Waals surface area contributed by atoms with E-state index in [0.717, 1.165) is 16.3 Å². The summed E-state index contributed by atoms with van der Waals surface area (Å²) in [5.74, 6) is 1.05. The molecular weight excluding hydrogens is 398 g/mol. The molecule has 1 aromatic heterocycles. The van der Waals surface area contributed by atoms with Crippen LogP contribution in [0.4, 0.5) is 8.78 Å². The smallest absolute Gasteiger partial charge is 0.253 e. The van der Waals surface area contributed by atoms with Crippen molar-refractivity contribution in [1.82, 2.24) is 4.90 Å². The Morgan fingerprint density at radius 2 is 1.76 bits per heavy atom. The van der Waals surface area contributed by atoms with Gasteiger partial charge in [0.15, 0.2) is 0 Å². The van der Waals surface area contributed by atoms with Crippen LogP contribution in [-0.4, -0.2) is 37.2 Å². The van der Waals surface area contributed by atoms with Crippen LogP contribution in [0.3, 0.4) is 0 Å². The van der Waals surface area contributed by atoms with Crippen molar-refractivity contribution < 1.29 is 18.0 Å². The second-order valence-corrected chi connectivity index (χ2v) is 7.09. The molecule has 1 amide bonds. The van der Waals surface area contributed by atoms with Gasteiger partial charge in [-0.1, -0.05) is 23.7 Å². The number of rotatable bonds is 9. The van der Waals surface area contributed by atoms with Crippen molar-refractivity contribution in [3.05, 3.63) is 58.8 Å². The number of benzene rings is 2. The maximum atomic E-state index is 12.8. The van der Waals surface area contributed by atoms with Crippen LogP contribution in [0.2, 0.25) is 5.02 Å². The summed E-state index contributed by atoms with van der Waals surface area (Å²) in [5.41, 5.74) is 6.80. The van der Waals surface area contributed by atoms with Crippen molar-refractivity contribution in [2.75, 3.05) is 26.4 Å². The maximum Gasteiger partial charge on any atom is 0.253 e. The molecule has 154 valence electrons. The van der Waals surface area contributed by atoms with Gasteiger partial charge in [0.2, 0.25) is 0 Å². The van der Waals surface area contributed by atoms with E-state index in [1.54, 1.807) is 24.3 Å². The summed E-state index contributed by atoms with van der Waals surface area (Å²) in [5, 5.41) is 2.10. The average Bonchev–Trinajstić information content (AvgIpc) is 3.22. The minimum atomic E-state index is -0.520. The summed E-state index contributed by atoms with van der Waals surface area (Å²) in [6.45, 7) is -0.218. The summed E-state index contributed by atoms with van der Waals surface area (Å²) >= 11 is 6.59. The lowest BCUT2D eigenvalue weighted by molar-refractivity contribution is 0.0746. The van der Waals surface area contributed by atoms with E-state index in [9.17, 15) is 13.6 Å². The number of halogens is 3. The zero-order valence-electron chi connectivity index (χ0n) is 16.0. The standard InChI is InChI=1S/C22H23ClF2N2O2/c23-21-18-6-4-16(22(28)27(11-1-9-24)12-2-10-25)13-15(18)3-7-19(21)20-8-5-17(14-26)29-20/h3-8,13H,1-2,9-12,14,26H2. The van der Waals surface area contributed by atoms with Crippen LogP contribution in [0.5, 0.6) is 0 Å². The molecule has 0 aliphatic rings. The van der Waals surface area contributed by atoms with Gasteiger partial charge < -0.3 is 15.1 Å². The van der Waals surface area contributed by atoms with Crippen LogP contribution in [-0.2, 0) is 6.54 Å². The first-order valence-corrected chi connectivity index (χ1v) is 9.89. The van der Waals surface area contributed by atoms with Crippen LogP contribution in [0.25, 0.3) is 22.1 Å². The summed E-state index contributed by atoms with van der Waals surface area (Å²) in [6.07, 6.45) is 0.462. The van der Waals surface area contributed by atoms with Gasteiger partial charge in [0.1, 0.15) is 11.5 Å². The Morgan fingerprint density at radius 3 is 2.38 bits per heavy atom. The molecule has 2 aromatic carbocycles. The lowest BCUT2D eigenvalue weighted by Gasteiger charge is -2.22. The van der Waals surface area contributed by atoms with E-state index >= 15 is 0 Å². The van der Waals surface area contributed by atoms with Crippen molar-refractivity contribution in [3.63, 3.8) is 0 Å². The number of nitrogens with zero attached hydrogens (tertiary/aromatic N) is 1. The fraction of sp³-hybridized carbons (Fsp3) is 0.318. The fourth-order valence-electron chi connectivity index (χ4n) is 3.25. The first-order valence-electron chi connectivity index (χ1n) is 9.51. The van der Waals surface area contributed by atoms with E-state index < -0.39 is 13.3 Å². The normalized spacial score (nSPS) is 11.2. The highest BCUT2D eigenvalue weighted by Gasteiger charge is 2.17. The minimum absolute atomic E-state index is 0.231. The van der Waals surface area contributed by atoms with Gasteiger partial charge in [-0.2, -0.15) is 0 Å². The van der Waals surface area contributed by atoms with Crippen molar-refractivity contribution in [1.29, 1.82) is 0 Å². The summed E-state index contributed by atoms with van der Waals surface area (Å²) in [6, 6.07) is 12.5.